The maximum atomic E-state index is 5.78. The van der Waals surface area contributed by atoms with Gasteiger partial charge in [0, 0.05) is 57.2 Å². The number of hydrogen-bond acceptors (Lipinski definition) is 4. The summed E-state index contributed by atoms with van der Waals surface area (Å²) >= 11 is 0. The summed E-state index contributed by atoms with van der Waals surface area (Å²) in [6.45, 7) is 6.77. The Morgan fingerprint density at radius 2 is 1.87 bits per heavy atom. The van der Waals surface area contributed by atoms with Gasteiger partial charge in [0.15, 0.2) is 5.96 Å². The van der Waals surface area contributed by atoms with Crippen LogP contribution in [0.4, 0.5) is 11.4 Å². The van der Waals surface area contributed by atoms with E-state index in [9.17, 15) is 0 Å². The zero-order valence-electron chi connectivity index (χ0n) is 17.9. The predicted octanol–water partition coefficient (Wildman–Crippen LogP) is 4.06. The number of nitrogens with one attached hydrogen (secondary N) is 2. The van der Waals surface area contributed by atoms with Gasteiger partial charge < -0.3 is 25.0 Å². The minimum atomic E-state index is 0.612. The lowest BCUT2D eigenvalue weighted by molar-refractivity contribution is 0.172. The first-order valence-corrected chi connectivity index (χ1v) is 10.5. The molecule has 2 N–H and O–H groups in total. The first-order valence-electron chi connectivity index (χ1n) is 10.5. The van der Waals surface area contributed by atoms with Crippen LogP contribution in [-0.2, 0) is 11.3 Å². The van der Waals surface area contributed by atoms with Gasteiger partial charge in [0.1, 0.15) is 5.75 Å². The molecule has 2 aromatic carbocycles. The molecule has 6 heteroatoms. The molecular formula is C24H32N4O2. The molecule has 1 heterocycles. The number of rotatable bonds is 10. The van der Waals surface area contributed by atoms with Gasteiger partial charge >= 0.3 is 0 Å². The Morgan fingerprint density at radius 1 is 1.07 bits per heavy atom. The summed E-state index contributed by atoms with van der Waals surface area (Å²) in [6.07, 6.45) is 5.27. The molecule has 0 atom stereocenters. The zero-order chi connectivity index (χ0) is 21.0. The molecule has 0 amide bonds. The molecule has 0 fully saturated rings. The van der Waals surface area contributed by atoms with Crippen molar-refractivity contribution in [1.82, 2.24) is 5.32 Å². The molecule has 0 bridgehead atoms. The maximum Gasteiger partial charge on any atom is 0.196 e. The Hall–Kier alpha value is -2.99. The fourth-order valence-electron chi connectivity index (χ4n) is 3.17. The van der Waals surface area contributed by atoms with Crippen molar-refractivity contribution in [2.24, 2.45) is 4.99 Å². The van der Waals surface area contributed by atoms with Gasteiger partial charge in [0.05, 0.1) is 13.2 Å². The van der Waals surface area contributed by atoms with Crippen LogP contribution in [0.25, 0.3) is 0 Å². The number of aliphatic imine (C=N–C) groups is 1. The Morgan fingerprint density at radius 3 is 2.60 bits per heavy atom. The molecule has 0 aliphatic carbocycles. The monoisotopic (exact) mass is 408 g/mol. The normalized spacial score (nSPS) is 13.5. The average Bonchev–Trinajstić information content (AvgIpc) is 3.31. The van der Waals surface area contributed by atoms with Crippen molar-refractivity contribution in [1.29, 1.82) is 0 Å². The van der Waals surface area contributed by atoms with Crippen LogP contribution in [-0.4, -0.2) is 45.9 Å². The van der Waals surface area contributed by atoms with E-state index in [0.29, 0.717) is 19.8 Å². The SMILES string of the molecule is CCNC(=NCc1ccc(N2CC=CC2)cc1)Nc1cccc(OCCCOC)c1. The smallest absolute Gasteiger partial charge is 0.196 e. The van der Waals surface area contributed by atoms with Crippen LogP contribution in [0.1, 0.15) is 18.9 Å². The van der Waals surface area contributed by atoms with Crippen molar-refractivity contribution in [3.05, 3.63) is 66.2 Å². The van der Waals surface area contributed by atoms with Gasteiger partial charge in [0.25, 0.3) is 0 Å². The quantitative estimate of drug-likeness (QED) is 0.269. The maximum absolute atomic E-state index is 5.78. The second-order valence-corrected chi connectivity index (χ2v) is 7.09. The summed E-state index contributed by atoms with van der Waals surface area (Å²) in [6, 6.07) is 16.6. The molecule has 0 saturated carbocycles. The third-order valence-electron chi connectivity index (χ3n) is 4.74. The summed E-state index contributed by atoms with van der Waals surface area (Å²) < 4.78 is 10.8. The number of nitrogens with zero attached hydrogens (tertiary/aromatic N) is 2. The molecule has 6 nitrogen and oxygen atoms in total. The summed E-state index contributed by atoms with van der Waals surface area (Å²) in [5.74, 6) is 1.58. The largest absolute Gasteiger partial charge is 0.493 e. The van der Waals surface area contributed by atoms with Crippen LogP contribution in [0.3, 0.4) is 0 Å². The first kappa shape index (κ1) is 21.7. The van der Waals surface area contributed by atoms with E-state index in [1.807, 2.05) is 24.3 Å². The van der Waals surface area contributed by atoms with E-state index in [2.05, 4.69) is 58.9 Å². The highest BCUT2D eigenvalue weighted by Crippen LogP contribution is 2.19. The van der Waals surface area contributed by atoms with E-state index >= 15 is 0 Å². The van der Waals surface area contributed by atoms with E-state index in [1.54, 1.807) is 7.11 Å². The van der Waals surface area contributed by atoms with Crippen molar-refractivity contribution in [3.8, 4) is 5.75 Å². The Labute approximate surface area is 179 Å². The zero-order valence-corrected chi connectivity index (χ0v) is 17.9. The summed E-state index contributed by atoms with van der Waals surface area (Å²) in [5.41, 5.74) is 3.37. The molecule has 0 saturated heterocycles. The average molecular weight is 409 g/mol. The van der Waals surface area contributed by atoms with Gasteiger partial charge in [-0.1, -0.05) is 30.4 Å². The Bertz CT molecular complexity index is 825. The topological polar surface area (TPSA) is 58.1 Å². The van der Waals surface area contributed by atoms with Crippen LogP contribution in [0.15, 0.2) is 65.7 Å². The molecule has 160 valence electrons. The lowest BCUT2D eigenvalue weighted by Gasteiger charge is -2.17. The van der Waals surface area contributed by atoms with Crippen LogP contribution in [0.5, 0.6) is 5.75 Å². The molecular weight excluding hydrogens is 376 g/mol. The molecule has 1 aliphatic rings. The Balaban J connectivity index is 1.57. The third kappa shape index (κ3) is 6.81. The Kier molecular flexibility index (Phi) is 8.60. The standard InChI is InChI=1S/C24H32N4O2/c1-3-25-24(27-21-8-6-9-23(18-21)30-17-7-16-29-2)26-19-20-10-12-22(13-11-20)28-14-4-5-15-28/h4-6,8-13,18H,3,7,14-17,19H2,1-2H3,(H2,25,26,27). The summed E-state index contributed by atoms with van der Waals surface area (Å²) in [7, 11) is 1.70. The predicted molar refractivity (Wildman–Crippen MR) is 125 cm³/mol. The molecule has 0 aromatic heterocycles. The van der Waals surface area contributed by atoms with Crippen LogP contribution in [0.2, 0.25) is 0 Å². The van der Waals surface area contributed by atoms with Crippen LogP contribution in [0, 0.1) is 0 Å². The molecule has 2 aromatic rings. The van der Waals surface area contributed by atoms with Gasteiger partial charge in [0.2, 0.25) is 0 Å². The molecule has 0 radical (unpaired) electrons. The van der Waals surface area contributed by atoms with E-state index in [4.69, 9.17) is 14.5 Å². The summed E-state index contributed by atoms with van der Waals surface area (Å²) in [4.78, 5) is 7.07. The highest BCUT2D eigenvalue weighted by Gasteiger charge is 2.07. The van der Waals surface area contributed by atoms with Gasteiger partial charge in [-0.3, -0.25) is 0 Å². The number of methoxy groups -OCH3 is 1. The number of anilines is 2. The van der Waals surface area contributed by atoms with Crippen molar-refractivity contribution >= 4 is 17.3 Å². The van der Waals surface area contributed by atoms with Crippen LogP contribution < -0.4 is 20.3 Å². The van der Waals surface area contributed by atoms with Crippen molar-refractivity contribution in [3.63, 3.8) is 0 Å². The highest BCUT2D eigenvalue weighted by molar-refractivity contribution is 5.93. The second-order valence-electron chi connectivity index (χ2n) is 7.09. The van der Waals surface area contributed by atoms with Gasteiger partial charge in [-0.2, -0.15) is 0 Å². The van der Waals surface area contributed by atoms with Crippen molar-refractivity contribution in [2.45, 2.75) is 19.9 Å². The van der Waals surface area contributed by atoms with Gasteiger partial charge in [-0.05, 0) is 36.8 Å². The fraction of sp³-hybridized carbons (Fsp3) is 0.375. The molecule has 0 unspecified atom stereocenters. The molecule has 30 heavy (non-hydrogen) atoms. The van der Waals surface area contributed by atoms with E-state index in [-0.39, 0.29) is 0 Å². The van der Waals surface area contributed by atoms with E-state index in [1.165, 1.54) is 11.3 Å². The summed E-state index contributed by atoms with van der Waals surface area (Å²) in [5, 5.41) is 6.67. The van der Waals surface area contributed by atoms with Gasteiger partial charge in [-0.15, -0.1) is 0 Å². The van der Waals surface area contributed by atoms with E-state index < -0.39 is 0 Å². The lowest BCUT2D eigenvalue weighted by atomic mass is 10.2. The van der Waals surface area contributed by atoms with Gasteiger partial charge in [-0.25, -0.2) is 4.99 Å². The second kappa shape index (κ2) is 11.9. The number of guanidine groups is 1. The third-order valence-corrected chi connectivity index (χ3v) is 4.74. The highest BCUT2D eigenvalue weighted by atomic mass is 16.5. The number of benzene rings is 2. The van der Waals surface area contributed by atoms with Crippen molar-refractivity contribution in [2.75, 3.05) is 50.2 Å². The van der Waals surface area contributed by atoms with E-state index in [0.717, 1.165) is 43.5 Å². The fourth-order valence-corrected chi connectivity index (χ4v) is 3.17. The first-order chi connectivity index (χ1) is 14.8. The number of ether oxygens (including phenoxy) is 2. The minimum Gasteiger partial charge on any atom is -0.493 e. The lowest BCUT2D eigenvalue weighted by Crippen LogP contribution is -2.30. The molecule has 1 aliphatic heterocycles. The molecule has 0 spiro atoms. The number of hydrogen-bond donors (Lipinski definition) is 2. The molecule has 3 rings (SSSR count). The van der Waals surface area contributed by atoms with Crippen molar-refractivity contribution < 1.29 is 9.47 Å². The minimum absolute atomic E-state index is 0.612. The van der Waals surface area contributed by atoms with Crippen LogP contribution >= 0.6 is 0 Å².